The van der Waals surface area contributed by atoms with E-state index in [1.54, 1.807) is 23.5 Å². The molecule has 1 aromatic carbocycles. The molecule has 0 unspecified atom stereocenters. The van der Waals surface area contributed by atoms with E-state index >= 15 is 0 Å². The molecule has 0 amide bonds. The number of hydrogen-bond acceptors (Lipinski definition) is 5. The summed E-state index contributed by atoms with van der Waals surface area (Å²) in [6, 6.07) is 9.30. The van der Waals surface area contributed by atoms with Gasteiger partial charge in [0.1, 0.15) is 0 Å². The van der Waals surface area contributed by atoms with Crippen LogP contribution >= 0.6 is 27.3 Å². The quantitative estimate of drug-likeness (QED) is 0.697. The van der Waals surface area contributed by atoms with Crippen LogP contribution in [0.5, 0.6) is 0 Å². The number of aliphatic hydroxyl groups excluding tert-OH is 1. The molecule has 3 rings (SSSR count). The average Bonchev–Trinajstić information content (AvgIpc) is 3.04. The van der Waals surface area contributed by atoms with Crippen molar-refractivity contribution < 1.29 is 9.84 Å². The predicted octanol–water partition coefficient (Wildman–Crippen LogP) is 2.80. The van der Waals surface area contributed by atoms with E-state index in [2.05, 4.69) is 20.9 Å². The van der Waals surface area contributed by atoms with Gasteiger partial charge in [0.05, 0.1) is 43.1 Å². The topological polar surface area (TPSA) is 64.4 Å². The maximum Gasteiger partial charge on any atom is 0.261 e. The number of benzene rings is 1. The molecule has 0 bridgehead atoms. The monoisotopic (exact) mass is 394 g/mol. The molecule has 2 heterocycles. The van der Waals surface area contributed by atoms with Crippen molar-refractivity contribution in [2.45, 2.75) is 19.3 Å². The number of hydrogen-bond donors (Lipinski definition) is 1. The summed E-state index contributed by atoms with van der Waals surface area (Å²) in [5.74, 6) is 0. The number of halogens is 1. The Morgan fingerprint density at radius 3 is 3.04 bits per heavy atom. The molecule has 1 atom stereocenters. The largest absolute Gasteiger partial charge is 0.389 e. The number of ether oxygens (including phenoxy) is 1. The fourth-order valence-electron chi connectivity index (χ4n) is 2.23. The van der Waals surface area contributed by atoms with Crippen LogP contribution in [0, 0.1) is 0 Å². The first kappa shape index (κ1) is 16.3. The minimum absolute atomic E-state index is 0.152. The number of rotatable bonds is 6. The number of aliphatic hydroxyl groups is 1. The lowest BCUT2D eigenvalue weighted by Crippen LogP contribution is -2.29. The van der Waals surface area contributed by atoms with Crippen molar-refractivity contribution in [3.8, 4) is 0 Å². The Morgan fingerprint density at radius 2 is 2.26 bits per heavy atom. The Morgan fingerprint density at radius 1 is 1.39 bits per heavy atom. The van der Waals surface area contributed by atoms with Crippen molar-refractivity contribution in [2.75, 3.05) is 6.61 Å². The van der Waals surface area contributed by atoms with Gasteiger partial charge in [-0.2, -0.15) is 0 Å². The Bertz CT molecular complexity index is 848. The molecule has 23 heavy (non-hydrogen) atoms. The maximum absolute atomic E-state index is 12.4. The summed E-state index contributed by atoms with van der Waals surface area (Å²) < 4.78 is 7.71. The summed E-state index contributed by atoms with van der Waals surface area (Å²) in [6.45, 7) is 0.784. The third-order valence-electron chi connectivity index (χ3n) is 3.33. The SMILES string of the molecule is O=c1c2cc(Br)ccc2ncn1C[C@@H](O)COCc1cccs1. The van der Waals surface area contributed by atoms with E-state index in [0.717, 1.165) is 9.35 Å². The Kier molecular flexibility index (Phi) is 5.22. The molecule has 0 aliphatic heterocycles. The summed E-state index contributed by atoms with van der Waals surface area (Å²) >= 11 is 4.96. The van der Waals surface area contributed by atoms with E-state index in [1.165, 1.54) is 10.9 Å². The van der Waals surface area contributed by atoms with Gasteiger partial charge in [0.2, 0.25) is 0 Å². The predicted molar refractivity (Wildman–Crippen MR) is 93.7 cm³/mol. The smallest absolute Gasteiger partial charge is 0.261 e. The Balaban J connectivity index is 1.66. The van der Waals surface area contributed by atoms with Crippen molar-refractivity contribution in [3.63, 3.8) is 0 Å². The third kappa shape index (κ3) is 4.06. The highest BCUT2D eigenvalue weighted by molar-refractivity contribution is 9.10. The highest BCUT2D eigenvalue weighted by Crippen LogP contribution is 2.15. The van der Waals surface area contributed by atoms with E-state index in [-0.39, 0.29) is 18.7 Å². The fourth-order valence-corrected chi connectivity index (χ4v) is 3.23. The second-order valence-electron chi connectivity index (χ2n) is 5.11. The number of thiophene rings is 1. The van der Waals surface area contributed by atoms with Crippen LogP contribution in [0.3, 0.4) is 0 Å². The molecule has 1 N–H and O–H groups in total. The third-order valence-corrected chi connectivity index (χ3v) is 4.67. The van der Waals surface area contributed by atoms with E-state index in [4.69, 9.17) is 4.74 Å². The first-order valence-corrected chi connectivity index (χ1v) is 8.73. The highest BCUT2D eigenvalue weighted by Gasteiger charge is 2.10. The molecule has 0 fully saturated rings. The van der Waals surface area contributed by atoms with Gasteiger partial charge in [-0.15, -0.1) is 11.3 Å². The molecule has 0 aliphatic carbocycles. The van der Waals surface area contributed by atoms with E-state index in [0.29, 0.717) is 17.5 Å². The van der Waals surface area contributed by atoms with E-state index < -0.39 is 6.10 Å². The van der Waals surface area contributed by atoms with Gasteiger partial charge in [-0.3, -0.25) is 9.36 Å². The maximum atomic E-state index is 12.4. The van der Waals surface area contributed by atoms with Crippen molar-refractivity contribution in [1.82, 2.24) is 9.55 Å². The molecule has 0 saturated heterocycles. The minimum Gasteiger partial charge on any atom is -0.389 e. The molecular formula is C16H15BrN2O3S. The lowest BCUT2D eigenvalue weighted by Gasteiger charge is -2.13. The van der Waals surface area contributed by atoms with Gasteiger partial charge in [-0.05, 0) is 29.6 Å². The van der Waals surface area contributed by atoms with Gasteiger partial charge >= 0.3 is 0 Å². The second-order valence-corrected chi connectivity index (χ2v) is 7.06. The van der Waals surface area contributed by atoms with Gasteiger partial charge in [0.25, 0.3) is 5.56 Å². The van der Waals surface area contributed by atoms with Gasteiger partial charge in [-0.1, -0.05) is 22.0 Å². The van der Waals surface area contributed by atoms with Gasteiger partial charge in [0, 0.05) is 9.35 Å². The first-order valence-electron chi connectivity index (χ1n) is 7.06. The van der Waals surface area contributed by atoms with Crippen LogP contribution in [0.4, 0.5) is 0 Å². The summed E-state index contributed by atoms with van der Waals surface area (Å²) in [5, 5.41) is 12.6. The van der Waals surface area contributed by atoms with Gasteiger partial charge in [0.15, 0.2) is 0 Å². The van der Waals surface area contributed by atoms with E-state index in [9.17, 15) is 9.90 Å². The van der Waals surface area contributed by atoms with Gasteiger partial charge < -0.3 is 9.84 Å². The Labute approximate surface area is 145 Å². The van der Waals surface area contributed by atoms with Crippen LogP contribution in [0.15, 0.2) is 51.3 Å². The van der Waals surface area contributed by atoms with Crippen LogP contribution in [0.25, 0.3) is 10.9 Å². The fraction of sp³-hybridized carbons (Fsp3) is 0.250. The second kappa shape index (κ2) is 7.35. The standard InChI is InChI=1S/C16H15BrN2O3S/c17-11-3-4-15-14(6-11)16(21)19(10-18-15)7-12(20)8-22-9-13-2-1-5-23-13/h1-6,10,12,20H,7-9H2/t12-/m1/s1. The van der Waals surface area contributed by atoms with Crippen LogP contribution < -0.4 is 5.56 Å². The highest BCUT2D eigenvalue weighted by atomic mass is 79.9. The number of nitrogens with zero attached hydrogens (tertiary/aromatic N) is 2. The summed E-state index contributed by atoms with van der Waals surface area (Å²) in [6.07, 6.45) is 0.695. The molecule has 0 aliphatic rings. The molecule has 0 radical (unpaired) electrons. The normalized spacial score (nSPS) is 12.6. The van der Waals surface area contributed by atoms with Crippen LogP contribution in [-0.2, 0) is 17.9 Å². The average molecular weight is 395 g/mol. The summed E-state index contributed by atoms with van der Waals surface area (Å²) in [5.41, 5.74) is 0.464. The summed E-state index contributed by atoms with van der Waals surface area (Å²) in [7, 11) is 0. The lowest BCUT2D eigenvalue weighted by atomic mass is 10.2. The summed E-state index contributed by atoms with van der Waals surface area (Å²) in [4.78, 5) is 17.8. The Hall–Kier alpha value is -1.54. The molecule has 7 heteroatoms. The molecule has 5 nitrogen and oxygen atoms in total. The zero-order valence-electron chi connectivity index (χ0n) is 12.2. The molecule has 0 saturated carbocycles. The van der Waals surface area contributed by atoms with E-state index in [1.807, 2.05) is 23.6 Å². The van der Waals surface area contributed by atoms with Crippen molar-refractivity contribution in [2.24, 2.45) is 0 Å². The first-order chi connectivity index (χ1) is 11.1. The molecular weight excluding hydrogens is 380 g/mol. The van der Waals surface area contributed by atoms with Crippen molar-refractivity contribution in [1.29, 1.82) is 0 Å². The van der Waals surface area contributed by atoms with Gasteiger partial charge in [-0.25, -0.2) is 4.98 Å². The van der Waals surface area contributed by atoms with Crippen LogP contribution in [-0.4, -0.2) is 27.4 Å². The number of aromatic nitrogens is 2. The molecule has 0 spiro atoms. The van der Waals surface area contributed by atoms with Crippen LogP contribution in [0.2, 0.25) is 0 Å². The number of fused-ring (bicyclic) bond motifs is 1. The molecule has 120 valence electrons. The zero-order valence-corrected chi connectivity index (χ0v) is 14.6. The lowest BCUT2D eigenvalue weighted by molar-refractivity contribution is 0.0207. The minimum atomic E-state index is -0.765. The molecule has 3 aromatic rings. The van der Waals surface area contributed by atoms with Crippen LogP contribution in [0.1, 0.15) is 4.88 Å². The molecule has 2 aromatic heterocycles. The van der Waals surface area contributed by atoms with Crippen molar-refractivity contribution >= 4 is 38.2 Å². The van der Waals surface area contributed by atoms with Crippen molar-refractivity contribution in [3.05, 3.63) is 61.7 Å². The zero-order chi connectivity index (χ0) is 16.2.